The lowest BCUT2D eigenvalue weighted by Crippen LogP contribution is -2.51. The van der Waals surface area contributed by atoms with Gasteiger partial charge < -0.3 is 14.2 Å². The highest BCUT2D eigenvalue weighted by atomic mass is 16.5. The fourth-order valence-corrected chi connectivity index (χ4v) is 2.67. The number of nitrogens with zero attached hydrogens (tertiary/aromatic N) is 2. The molecule has 0 aliphatic carbocycles. The Labute approximate surface area is 124 Å². The molecular weight excluding hydrogens is 264 g/mol. The van der Waals surface area contributed by atoms with Gasteiger partial charge >= 0.3 is 0 Å². The summed E-state index contributed by atoms with van der Waals surface area (Å²) in [5, 5.41) is 0. The van der Waals surface area contributed by atoms with Crippen LogP contribution in [0.25, 0.3) is 5.69 Å². The Bertz CT molecular complexity index is 604. The van der Waals surface area contributed by atoms with Gasteiger partial charge in [-0.3, -0.25) is 4.79 Å². The summed E-state index contributed by atoms with van der Waals surface area (Å²) in [6.45, 7) is 5.32. The third-order valence-electron chi connectivity index (χ3n) is 4.16. The zero-order chi connectivity index (χ0) is 14.8. The number of aromatic nitrogens is 1. The molecule has 2 aromatic rings. The molecule has 0 radical (unpaired) electrons. The van der Waals surface area contributed by atoms with Crippen molar-refractivity contribution in [2.24, 2.45) is 0 Å². The van der Waals surface area contributed by atoms with Crippen LogP contribution in [0.5, 0.6) is 0 Å². The van der Waals surface area contributed by atoms with E-state index in [0.717, 1.165) is 11.3 Å². The van der Waals surface area contributed by atoms with E-state index in [1.807, 2.05) is 72.1 Å². The molecule has 1 aliphatic heterocycles. The fourth-order valence-electron chi connectivity index (χ4n) is 2.67. The van der Waals surface area contributed by atoms with Crippen molar-refractivity contribution >= 4 is 5.91 Å². The second-order valence-electron chi connectivity index (χ2n) is 5.45. The van der Waals surface area contributed by atoms with Crippen molar-refractivity contribution in [2.75, 3.05) is 13.2 Å². The molecule has 1 amide bonds. The average Bonchev–Trinajstić information content (AvgIpc) is 3.04. The molecule has 2 heterocycles. The van der Waals surface area contributed by atoms with Gasteiger partial charge in [0.15, 0.2) is 0 Å². The van der Waals surface area contributed by atoms with Gasteiger partial charge in [0.25, 0.3) is 5.91 Å². The third-order valence-corrected chi connectivity index (χ3v) is 4.16. The summed E-state index contributed by atoms with van der Waals surface area (Å²) in [5.74, 6) is 0.0803. The van der Waals surface area contributed by atoms with E-state index in [9.17, 15) is 4.79 Å². The van der Waals surface area contributed by atoms with Crippen molar-refractivity contribution < 1.29 is 9.53 Å². The summed E-state index contributed by atoms with van der Waals surface area (Å²) in [4.78, 5) is 14.5. The van der Waals surface area contributed by atoms with Gasteiger partial charge in [0.2, 0.25) is 0 Å². The number of ether oxygens (including phenoxy) is 1. The molecule has 1 fully saturated rings. The number of rotatable bonds is 2. The fraction of sp³-hybridized carbons (Fsp3) is 0.353. The van der Waals surface area contributed by atoms with Gasteiger partial charge in [0, 0.05) is 30.2 Å². The van der Waals surface area contributed by atoms with Gasteiger partial charge in [-0.2, -0.15) is 0 Å². The summed E-state index contributed by atoms with van der Waals surface area (Å²) in [6, 6.07) is 11.8. The first-order valence-corrected chi connectivity index (χ1v) is 7.33. The topological polar surface area (TPSA) is 34.5 Å². The number of carbonyl (C=O) groups is 1. The minimum atomic E-state index is 0.0803. The van der Waals surface area contributed by atoms with E-state index < -0.39 is 0 Å². The molecule has 0 saturated carbocycles. The van der Waals surface area contributed by atoms with Crippen LogP contribution >= 0.6 is 0 Å². The SMILES string of the molecule is CC1OCCN(C(=O)c2ccc(-n3cccc3)cc2)C1C. The number of hydrogen-bond donors (Lipinski definition) is 0. The third kappa shape index (κ3) is 2.72. The van der Waals surface area contributed by atoms with Crippen molar-refractivity contribution in [1.82, 2.24) is 9.47 Å². The molecule has 4 nitrogen and oxygen atoms in total. The van der Waals surface area contributed by atoms with Crippen LogP contribution in [0.3, 0.4) is 0 Å². The molecule has 0 bridgehead atoms. The van der Waals surface area contributed by atoms with E-state index >= 15 is 0 Å². The van der Waals surface area contributed by atoms with Crippen molar-refractivity contribution in [3.05, 3.63) is 54.4 Å². The number of amides is 1. The molecule has 0 N–H and O–H groups in total. The minimum Gasteiger partial charge on any atom is -0.375 e. The standard InChI is InChI=1S/C17H20N2O2/c1-13-14(2)21-12-11-19(13)17(20)15-5-7-16(8-6-15)18-9-3-4-10-18/h3-10,13-14H,11-12H2,1-2H3. The Kier molecular flexibility index (Phi) is 3.80. The average molecular weight is 284 g/mol. The summed E-state index contributed by atoms with van der Waals surface area (Å²) >= 11 is 0. The van der Waals surface area contributed by atoms with E-state index in [2.05, 4.69) is 0 Å². The quantitative estimate of drug-likeness (QED) is 0.850. The van der Waals surface area contributed by atoms with Gasteiger partial charge in [0.1, 0.15) is 0 Å². The highest BCUT2D eigenvalue weighted by Gasteiger charge is 2.29. The van der Waals surface area contributed by atoms with E-state index in [4.69, 9.17) is 4.74 Å². The molecule has 0 spiro atoms. The number of benzene rings is 1. The number of carbonyl (C=O) groups excluding carboxylic acids is 1. The normalized spacial score (nSPS) is 22.3. The number of hydrogen-bond acceptors (Lipinski definition) is 2. The molecule has 1 aromatic heterocycles. The molecule has 110 valence electrons. The maximum absolute atomic E-state index is 12.6. The first-order valence-electron chi connectivity index (χ1n) is 7.33. The minimum absolute atomic E-state index is 0.0803. The molecule has 2 atom stereocenters. The van der Waals surface area contributed by atoms with Crippen molar-refractivity contribution in [2.45, 2.75) is 26.0 Å². The molecular formula is C17H20N2O2. The Morgan fingerprint density at radius 3 is 2.48 bits per heavy atom. The van der Waals surface area contributed by atoms with Crippen LogP contribution in [-0.4, -0.2) is 40.7 Å². The molecule has 21 heavy (non-hydrogen) atoms. The maximum atomic E-state index is 12.6. The van der Waals surface area contributed by atoms with Gasteiger partial charge in [-0.25, -0.2) is 0 Å². The summed E-state index contributed by atoms with van der Waals surface area (Å²) in [5.41, 5.74) is 1.78. The second-order valence-corrected chi connectivity index (χ2v) is 5.45. The van der Waals surface area contributed by atoms with Crippen LogP contribution in [0, 0.1) is 0 Å². The highest BCUT2D eigenvalue weighted by molar-refractivity contribution is 5.94. The largest absolute Gasteiger partial charge is 0.375 e. The van der Waals surface area contributed by atoms with Crippen LogP contribution < -0.4 is 0 Å². The van der Waals surface area contributed by atoms with Gasteiger partial charge in [0.05, 0.1) is 18.8 Å². The second kappa shape index (κ2) is 5.74. The summed E-state index contributed by atoms with van der Waals surface area (Å²) in [7, 11) is 0. The zero-order valence-corrected chi connectivity index (χ0v) is 12.4. The molecule has 3 rings (SSSR count). The Balaban J connectivity index is 1.79. The van der Waals surface area contributed by atoms with Crippen molar-refractivity contribution in [3.63, 3.8) is 0 Å². The molecule has 1 saturated heterocycles. The Morgan fingerprint density at radius 2 is 1.81 bits per heavy atom. The molecule has 1 aromatic carbocycles. The van der Waals surface area contributed by atoms with Crippen LogP contribution in [0.15, 0.2) is 48.8 Å². The first kappa shape index (κ1) is 13.9. The van der Waals surface area contributed by atoms with Crippen LogP contribution in [-0.2, 0) is 4.74 Å². The Hall–Kier alpha value is -2.07. The summed E-state index contributed by atoms with van der Waals surface area (Å²) in [6.07, 6.45) is 4.06. The molecule has 1 aliphatic rings. The van der Waals surface area contributed by atoms with E-state index in [1.165, 1.54) is 0 Å². The summed E-state index contributed by atoms with van der Waals surface area (Å²) < 4.78 is 7.60. The monoisotopic (exact) mass is 284 g/mol. The maximum Gasteiger partial charge on any atom is 0.254 e. The Morgan fingerprint density at radius 1 is 1.14 bits per heavy atom. The van der Waals surface area contributed by atoms with Gasteiger partial charge in [-0.1, -0.05) is 0 Å². The molecule has 2 unspecified atom stereocenters. The number of morpholine rings is 1. The molecule has 4 heteroatoms. The van der Waals surface area contributed by atoms with E-state index in [1.54, 1.807) is 0 Å². The lowest BCUT2D eigenvalue weighted by Gasteiger charge is -2.37. The van der Waals surface area contributed by atoms with Gasteiger partial charge in [-0.05, 0) is 50.2 Å². The highest BCUT2D eigenvalue weighted by Crippen LogP contribution is 2.18. The zero-order valence-electron chi connectivity index (χ0n) is 12.4. The van der Waals surface area contributed by atoms with Crippen LogP contribution in [0.1, 0.15) is 24.2 Å². The van der Waals surface area contributed by atoms with Gasteiger partial charge in [-0.15, -0.1) is 0 Å². The van der Waals surface area contributed by atoms with Crippen LogP contribution in [0.2, 0.25) is 0 Å². The van der Waals surface area contributed by atoms with Crippen molar-refractivity contribution in [1.29, 1.82) is 0 Å². The van der Waals surface area contributed by atoms with Crippen LogP contribution in [0.4, 0.5) is 0 Å². The van der Waals surface area contributed by atoms with E-state index in [-0.39, 0.29) is 18.1 Å². The predicted molar refractivity (Wildman–Crippen MR) is 81.7 cm³/mol. The lowest BCUT2D eigenvalue weighted by atomic mass is 10.1. The van der Waals surface area contributed by atoms with Crippen molar-refractivity contribution in [3.8, 4) is 5.69 Å². The smallest absolute Gasteiger partial charge is 0.254 e. The predicted octanol–water partition coefficient (Wildman–Crippen LogP) is 2.73. The van der Waals surface area contributed by atoms with E-state index in [0.29, 0.717) is 13.2 Å². The lowest BCUT2D eigenvalue weighted by molar-refractivity contribution is -0.0440. The first-order chi connectivity index (χ1) is 10.2.